The molecule has 2 amide bonds. The number of hydrogen-bond donors (Lipinski definition) is 2. The Labute approximate surface area is 300 Å². The minimum absolute atomic E-state index is 0.0771. The number of halogens is 2. The largest absolute Gasteiger partial charge is 0.496 e. The summed E-state index contributed by atoms with van der Waals surface area (Å²) in [7, 11) is 1.60. The molecule has 2 saturated heterocycles. The normalized spacial score (nSPS) is 19.7. The van der Waals surface area contributed by atoms with Crippen LogP contribution < -0.4 is 15.8 Å². The Morgan fingerprint density at radius 1 is 0.960 bits per heavy atom. The number of Topliss-reactive ketones (excluding diaryl/α,β-unsaturated/α-hetero) is 1. The summed E-state index contributed by atoms with van der Waals surface area (Å²) < 4.78 is 13.2. The fourth-order valence-electron chi connectivity index (χ4n) is 7.39. The number of primary amides is 1. The third kappa shape index (κ3) is 6.45. The van der Waals surface area contributed by atoms with Crippen molar-refractivity contribution >= 4 is 41.0 Å². The molecule has 2 fully saturated rings. The molecule has 3 atom stereocenters. The van der Waals surface area contributed by atoms with Crippen LogP contribution in [0, 0.1) is 5.92 Å². The molecule has 0 spiro atoms. The van der Waals surface area contributed by atoms with Crippen LogP contribution in [0.25, 0.3) is 28.1 Å². The Bertz CT molecular complexity index is 2020. The van der Waals surface area contributed by atoms with E-state index in [0.717, 1.165) is 28.8 Å². The number of benzene rings is 2. The SMILES string of the molecule is COc1cc2c(cc1-c1cncc(C(N)=O)c1)-c1c(c(C(=O)C3CCC4CN(C(=O)OC(C)(C)C)CC3N4)nn1-c1cc(Cl)cc(Cl)c1)CC2. The summed E-state index contributed by atoms with van der Waals surface area (Å²) in [5, 5.41) is 9.49. The maximum Gasteiger partial charge on any atom is 0.410 e. The highest BCUT2D eigenvalue weighted by atomic mass is 35.5. The van der Waals surface area contributed by atoms with Crippen LogP contribution in [0.15, 0.2) is 48.8 Å². The molecule has 2 bridgehead atoms. The number of carbonyl (C=O) groups is 3. The standard InChI is InChI=1S/C37H38Cl2N6O5/c1-37(2,3)50-36(48)44-17-24-6-8-26(30(18-44)42-24)34(46)32-27-7-5-19-10-31(49-4)28(20-9-21(35(40)47)16-41-15-20)14-29(19)33(27)45(43-32)25-12-22(38)11-23(39)13-25/h9-16,24,26,30,42H,5-8,17-18H2,1-4H3,(H2,40,47). The number of fused-ring (bicyclic) bond motifs is 5. The van der Waals surface area contributed by atoms with Crippen LogP contribution in [0.2, 0.25) is 10.0 Å². The molecule has 1 aliphatic carbocycles. The van der Waals surface area contributed by atoms with Gasteiger partial charge in [0.2, 0.25) is 5.91 Å². The third-order valence-electron chi connectivity index (χ3n) is 9.58. The summed E-state index contributed by atoms with van der Waals surface area (Å²) in [4.78, 5) is 45.7. The number of nitrogens with one attached hydrogen (secondary N) is 1. The van der Waals surface area contributed by atoms with Gasteiger partial charge in [0.1, 0.15) is 17.0 Å². The number of methoxy groups -OCH3 is 1. The first-order valence-corrected chi connectivity index (χ1v) is 17.4. The first kappa shape index (κ1) is 34.0. The van der Waals surface area contributed by atoms with Gasteiger partial charge < -0.3 is 25.4 Å². The summed E-state index contributed by atoms with van der Waals surface area (Å²) in [6.45, 7) is 6.43. The van der Waals surface area contributed by atoms with Gasteiger partial charge in [0.25, 0.3) is 0 Å². The smallest absolute Gasteiger partial charge is 0.410 e. The van der Waals surface area contributed by atoms with E-state index < -0.39 is 17.4 Å². The number of likely N-dealkylation sites (tertiary alicyclic amines) is 1. The molecular formula is C37H38Cl2N6O5. The second-order valence-electron chi connectivity index (χ2n) is 14.2. The number of amides is 2. The lowest BCUT2D eigenvalue weighted by molar-refractivity contribution is 0.00631. The number of piperidine rings is 1. The molecule has 2 aromatic carbocycles. The van der Waals surface area contributed by atoms with Crippen LogP contribution >= 0.6 is 23.2 Å². The number of pyridine rings is 1. The van der Waals surface area contributed by atoms with Crippen molar-refractivity contribution in [3.8, 4) is 33.8 Å². The molecule has 0 radical (unpaired) electrons. The summed E-state index contributed by atoms with van der Waals surface area (Å²) in [6, 6.07) is 10.6. The van der Waals surface area contributed by atoms with E-state index in [-0.39, 0.29) is 29.5 Å². The zero-order valence-corrected chi connectivity index (χ0v) is 29.8. The molecule has 3 unspecified atom stereocenters. The molecule has 2 aromatic heterocycles. The number of rotatable bonds is 6. The van der Waals surface area contributed by atoms with Gasteiger partial charge in [0, 0.05) is 75.8 Å². The molecule has 260 valence electrons. The number of hydrogen-bond acceptors (Lipinski definition) is 8. The number of nitrogens with two attached hydrogens (primary N) is 1. The Morgan fingerprint density at radius 2 is 1.72 bits per heavy atom. The summed E-state index contributed by atoms with van der Waals surface area (Å²) in [6.07, 6.45) is 5.32. The number of aromatic nitrogens is 3. The maximum absolute atomic E-state index is 14.7. The maximum atomic E-state index is 14.7. The predicted octanol–water partition coefficient (Wildman–Crippen LogP) is 6.28. The van der Waals surface area contributed by atoms with E-state index in [0.29, 0.717) is 70.7 Å². The van der Waals surface area contributed by atoms with Gasteiger partial charge in [-0.1, -0.05) is 23.2 Å². The second kappa shape index (κ2) is 13.0. The summed E-state index contributed by atoms with van der Waals surface area (Å²) in [5.41, 5.74) is 11.0. The number of piperazine rings is 1. The van der Waals surface area contributed by atoms with E-state index in [1.807, 2.05) is 32.9 Å². The fraction of sp³-hybridized carbons (Fsp3) is 0.378. The summed E-state index contributed by atoms with van der Waals surface area (Å²) in [5.74, 6) is -0.459. The minimum atomic E-state index is -0.622. The molecule has 0 saturated carbocycles. The van der Waals surface area contributed by atoms with E-state index in [2.05, 4.69) is 10.3 Å². The highest BCUT2D eigenvalue weighted by molar-refractivity contribution is 6.34. The lowest BCUT2D eigenvalue weighted by Crippen LogP contribution is -2.64. The molecule has 11 nitrogen and oxygen atoms in total. The van der Waals surface area contributed by atoms with E-state index in [1.54, 1.807) is 47.2 Å². The van der Waals surface area contributed by atoms with E-state index in [4.69, 9.17) is 43.5 Å². The Balaban J connectivity index is 1.33. The van der Waals surface area contributed by atoms with Crippen LogP contribution in [-0.2, 0) is 17.6 Å². The number of ketones is 1. The molecule has 3 N–H and O–H groups in total. The quantitative estimate of drug-likeness (QED) is 0.222. The van der Waals surface area contributed by atoms with Crippen LogP contribution in [-0.4, -0.2) is 75.3 Å². The molecule has 2 aliphatic heterocycles. The molecular weight excluding hydrogens is 679 g/mol. The Kier molecular flexibility index (Phi) is 8.86. The van der Waals surface area contributed by atoms with Crippen molar-refractivity contribution in [3.63, 3.8) is 0 Å². The van der Waals surface area contributed by atoms with Gasteiger partial charge in [-0.05, 0) is 88.4 Å². The van der Waals surface area contributed by atoms with Crippen LogP contribution in [0.3, 0.4) is 0 Å². The van der Waals surface area contributed by atoms with Crippen molar-refractivity contribution in [1.29, 1.82) is 0 Å². The van der Waals surface area contributed by atoms with E-state index >= 15 is 0 Å². The van der Waals surface area contributed by atoms with Crippen molar-refractivity contribution in [2.45, 2.75) is 64.1 Å². The number of nitrogens with zero attached hydrogens (tertiary/aromatic N) is 4. The monoisotopic (exact) mass is 716 g/mol. The van der Waals surface area contributed by atoms with Gasteiger partial charge in [-0.15, -0.1) is 0 Å². The van der Waals surface area contributed by atoms with Crippen molar-refractivity contribution in [2.75, 3.05) is 20.2 Å². The average Bonchev–Trinajstić information content (AvgIpc) is 3.46. The number of aryl methyl sites for hydroxylation is 1. The van der Waals surface area contributed by atoms with Crippen LogP contribution in [0.4, 0.5) is 4.79 Å². The van der Waals surface area contributed by atoms with E-state index in [9.17, 15) is 14.4 Å². The molecule has 3 aliphatic rings. The molecule has 13 heteroatoms. The minimum Gasteiger partial charge on any atom is -0.496 e. The van der Waals surface area contributed by atoms with Gasteiger partial charge in [-0.3, -0.25) is 14.6 Å². The zero-order chi connectivity index (χ0) is 35.5. The molecule has 4 aromatic rings. The van der Waals surface area contributed by atoms with Crippen molar-refractivity contribution in [2.24, 2.45) is 11.7 Å². The van der Waals surface area contributed by atoms with Crippen LogP contribution in [0.5, 0.6) is 5.75 Å². The second-order valence-corrected chi connectivity index (χ2v) is 15.0. The topological polar surface area (TPSA) is 142 Å². The highest BCUT2D eigenvalue weighted by Gasteiger charge is 2.44. The van der Waals surface area contributed by atoms with Gasteiger partial charge in [0.05, 0.1) is 24.1 Å². The van der Waals surface area contributed by atoms with Gasteiger partial charge >= 0.3 is 6.09 Å². The molecule has 4 heterocycles. The zero-order valence-electron chi connectivity index (χ0n) is 28.3. The lowest BCUT2D eigenvalue weighted by Gasteiger charge is -2.45. The van der Waals surface area contributed by atoms with Gasteiger partial charge in [-0.2, -0.15) is 5.10 Å². The average molecular weight is 718 g/mol. The Morgan fingerprint density at radius 3 is 2.42 bits per heavy atom. The lowest BCUT2D eigenvalue weighted by atomic mass is 9.79. The number of carbonyl (C=O) groups excluding carboxylic acids is 3. The van der Waals surface area contributed by atoms with Crippen molar-refractivity contribution in [3.05, 3.63) is 81.2 Å². The van der Waals surface area contributed by atoms with Gasteiger partial charge in [-0.25, -0.2) is 9.48 Å². The summed E-state index contributed by atoms with van der Waals surface area (Å²) >= 11 is 13.0. The highest BCUT2D eigenvalue weighted by Crippen LogP contribution is 2.44. The first-order valence-electron chi connectivity index (χ1n) is 16.6. The number of ether oxygens (including phenoxy) is 2. The van der Waals surface area contributed by atoms with Crippen LogP contribution in [0.1, 0.15) is 65.6 Å². The van der Waals surface area contributed by atoms with E-state index in [1.165, 1.54) is 6.20 Å². The van der Waals surface area contributed by atoms with Gasteiger partial charge in [0.15, 0.2) is 5.78 Å². The third-order valence-corrected chi connectivity index (χ3v) is 10.0. The molecule has 7 rings (SSSR count). The Hall–Kier alpha value is -4.45. The van der Waals surface area contributed by atoms with Crippen molar-refractivity contribution < 1.29 is 23.9 Å². The fourth-order valence-corrected chi connectivity index (χ4v) is 7.90. The predicted molar refractivity (Wildman–Crippen MR) is 190 cm³/mol. The van der Waals surface area contributed by atoms with Crippen molar-refractivity contribution in [1.82, 2.24) is 25.0 Å². The molecule has 50 heavy (non-hydrogen) atoms. The first-order chi connectivity index (χ1) is 23.8.